The second kappa shape index (κ2) is 6.86. The standard InChI is InChI=1S/C15H11Br2NO5/c16-11-1-2-14(13(17)5-11)22-7-10-4-12(18(19)20)3-9-6-21-8-23-15(9)10/h1-5H,6-8H2. The van der Waals surface area contributed by atoms with Crippen LogP contribution in [0, 0.1) is 10.1 Å². The molecule has 0 aliphatic carbocycles. The summed E-state index contributed by atoms with van der Waals surface area (Å²) in [7, 11) is 0. The SMILES string of the molecule is O=[N+]([O-])c1cc2c(c(COc3ccc(Br)cc3Br)c1)OCOC2. The average molecular weight is 445 g/mol. The topological polar surface area (TPSA) is 70.8 Å². The molecule has 0 unspecified atom stereocenters. The van der Waals surface area contributed by atoms with E-state index in [1.165, 1.54) is 12.1 Å². The van der Waals surface area contributed by atoms with Crippen LogP contribution in [0.2, 0.25) is 0 Å². The Morgan fingerprint density at radius 1 is 1.26 bits per heavy atom. The van der Waals surface area contributed by atoms with Crippen molar-refractivity contribution in [3.05, 3.63) is 60.5 Å². The number of nitro benzene ring substituents is 1. The molecule has 23 heavy (non-hydrogen) atoms. The zero-order valence-electron chi connectivity index (χ0n) is 11.8. The first-order chi connectivity index (χ1) is 11.0. The van der Waals surface area contributed by atoms with Crippen molar-refractivity contribution in [2.75, 3.05) is 6.79 Å². The molecule has 0 amide bonds. The van der Waals surface area contributed by atoms with Gasteiger partial charge in [0.15, 0.2) is 6.79 Å². The molecule has 2 aromatic rings. The predicted molar refractivity (Wildman–Crippen MR) is 89.6 cm³/mol. The van der Waals surface area contributed by atoms with Crippen LogP contribution in [0.3, 0.4) is 0 Å². The maximum absolute atomic E-state index is 11.1. The molecule has 1 heterocycles. The van der Waals surface area contributed by atoms with Crippen LogP contribution in [0.4, 0.5) is 5.69 Å². The lowest BCUT2D eigenvalue weighted by Gasteiger charge is -2.20. The summed E-state index contributed by atoms with van der Waals surface area (Å²) in [5.74, 6) is 1.23. The quantitative estimate of drug-likeness (QED) is 0.510. The number of hydrogen-bond acceptors (Lipinski definition) is 5. The number of ether oxygens (including phenoxy) is 3. The second-order valence-electron chi connectivity index (χ2n) is 4.82. The zero-order valence-corrected chi connectivity index (χ0v) is 14.9. The predicted octanol–water partition coefficient (Wildman–Crippen LogP) is 4.57. The van der Waals surface area contributed by atoms with Gasteiger partial charge < -0.3 is 14.2 Å². The number of nitrogens with zero attached hydrogens (tertiary/aromatic N) is 1. The van der Waals surface area contributed by atoms with E-state index in [9.17, 15) is 10.1 Å². The van der Waals surface area contributed by atoms with Crippen molar-refractivity contribution in [2.24, 2.45) is 0 Å². The van der Waals surface area contributed by atoms with E-state index < -0.39 is 4.92 Å². The van der Waals surface area contributed by atoms with Crippen LogP contribution in [0.15, 0.2) is 39.3 Å². The molecule has 0 saturated heterocycles. The van der Waals surface area contributed by atoms with Gasteiger partial charge in [-0.05, 0) is 34.1 Å². The van der Waals surface area contributed by atoms with E-state index in [1.54, 1.807) is 0 Å². The van der Waals surface area contributed by atoms with Crippen LogP contribution in [-0.4, -0.2) is 11.7 Å². The highest BCUT2D eigenvalue weighted by atomic mass is 79.9. The molecule has 0 N–H and O–H groups in total. The van der Waals surface area contributed by atoms with Gasteiger partial charge in [-0.2, -0.15) is 0 Å². The molecular weight excluding hydrogens is 434 g/mol. The van der Waals surface area contributed by atoms with E-state index in [-0.39, 0.29) is 25.7 Å². The molecule has 8 heteroatoms. The Labute approximate surface area is 148 Å². The summed E-state index contributed by atoms with van der Waals surface area (Å²) in [5, 5.41) is 11.1. The lowest BCUT2D eigenvalue weighted by Crippen LogP contribution is -2.14. The molecule has 1 aliphatic rings. The van der Waals surface area contributed by atoms with Gasteiger partial charge in [0.2, 0.25) is 0 Å². The van der Waals surface area contributed by atoms with Crippen molar-refractivity contribution in [3.8, 4) is 11.5 Å². The molecule has 0 bridgehead atoms. The fourth-order valence-corrected chi connectivity index (χ4v) is 3.40. The minimum Gasteiger partial charge on any atom is -0.488 e. The first-order valence-electron chi connectivity index (χ1n) is 6.63. The fraction of sp³-hybridized carbons (Fsp3) is 0.200. The van der Waals surface area contributed by atoms with Crippen molar-refractivity contribution in [1.29, 1.82) is 0 Å². The summed E-state index contributed by atoms with van der Waals surface area (Å²) in [5.41, 5.74) is 1.26. The van der Waals surface area contributed by atoms with Gasteiger partial charge >= 0.3 is 0 Å². The Morgan fingerprint density at radius 2 is 2.09 bits per heavy atom. The zero-order chi connectivity index (χ0) is 16.4. The number of rotatable bonds is 4. The van der Waals surface area contributed by atoms with Gasteiger partial charge in [0.05, 0.1) is 16.0 Å². The molecule has 0 spiro atoms. The van der Waals surface area contributed by atoms with Crippen LogP contribution in [-0.2, 0) is 18.0 Å². The van der Waals surface area contributed by atoms with Crippen LogP contribution < -0.4 is 9.47 Å². The summed E-state index contributed by atoms with van der Waals surface area (Å²) in [4.78, 5) is 10.6. The fourth-order valence-electron chi connectivity index (χ4n) is 2.24. The second-order valence-corrected chi connectivity index (χ2v) is 6.59. The number of fused-ring (bicyclic) bond motifs is 1. The highest BCUT2D eigenvalue weighted by molar-refractivity contribution is 9.11. The number of non-ortho nitro benzene ring substituents is 1. The minimum absolute atomic E-state index is 0.00804. The van der Waals surface area contributed by atoms with Gasteiger partial charge in [0.1, 0.15) is 18.1 Å². The number of nitro groups is 1. The van der Waals surface area contributed by atoms with Crippen molar-refractivity contribution < 1.29 is 19.1 Å². The van der Waals surface area contributed by atoms with Crippen LogP contribution in [0.5, 0.6) is 11.5 Å². The highest BCUT2D eigenvalue weighted by Gasteiger charge is 2.21. The van der Waals surface area contributed by atoms with Gasteiger partial charge in [-0.3, -0.25) is 10.1 Å². The Balaban J connectivity index is 1.89. The summed E-state index contributed by atoms with van der Waals surface area (Å²) >= 11 is 6.79. The third-order valence-corrected chi connectivity index (χ3v) is 4.37. The molecule has 3 rings (SSSR count). The highest BCUT2D eigenvalue weighted by Crippen LogP contribution is 2.34. The van der Waals surface area contributed by atoms with E-state index in [0.717, 1.165) is 8.95 Å². The Morgan fingerprint density at radius 3 is 2.83 bits per heavy atom. The first kappa shape index (κ1) is 16.2. The molecule has 0 fully saturated rings. The van der Waals surface area contributed by atoms with E-state index >= 15 is 0 Å². The first-order valence-corrected chi connectivity index (χ1v) is 8.22. The maximum Gasteiger partial charge on any atom is 0.270 e. The monoisotopic (exact) mass is 443 g/mol. The molecule has 0 aromatic heterocycles. The van der Waals surface area contributed by atoms with Crippen molar-refractivity contribution in [3.63, 3.8) is 0 Å². The van der Waals surface area contributed by atoms with Crippen molar-refractivity contribution >= 4 is 37.5 Å². The molecule has 2 aromatic carbocycles. The van der Waals surface area contributed by atoms with E-state index in [4.69, 9.17) is 14.2 Å². The van der Waals surface area contributed by atoms with E-state index in [2.05, 4.69) is 31.9 Å². The van der Waals surface area contributed by atoms with Crippen molar-refractivity contribution in [2.45, 2.75) is 13.2 Å². The Bertz CT molecular complexity index is 766. The molecule has 1 aliphatic heterocycles. The normalized spacial score (nSPS) is 13.1. The van der Waals surface area contributed by atoms with Crippen LogP contribution >= 0.6 is 31.9 Å². The van der Waals surface area contributed by atoms with Crippen LogP contribution in [0.25, 0.3) is 0 Å². The lowest BCUT2D eigenvalue weighted by atomic mass is 10.1. The van der Waals surface area contributed by atoms with Gasteiger partial charge in [-0.25, -0.2) is 0 Å². The van der Waals surface area contributed by atoms with Gasteiger partial charge in [-0.1, -0.05) is 15.9 Å². The Kier molecular flexibility index (Phi) is 4.84. The molecular formula is C15H11Br2NO5. The minimum atomic E-state index is -0.437. The average Bonchev–Trinajstić information content (AvgIpc) is 2.53. The number of benzene rings is 2. The van der Waals surface area contributed by atoms with E-state index in [0.29, 0.717) is 22.6 Å². The van der Waals surface area contributed by atoms with E-state index in [1.807, 2.05) is 18.2 Å². The third kappa shape index (κ3) is 3.65. The Hall–Kier alpha value is -1.64. The van der Waals surface area contributed by atoms with Crippen molar-refractivity contribution in [1.82, 2.24) is 0 Å². The maximum atomic E-state index is 11.1. The summed E-state index contributed by atoms with van der Waals surface area (Å²) < 4.78 is 18.1. The lowest BCUT2D eigenvalue weighted by molar-refractivity contribution is -0.385. The number of halogens is 2. The molecule has 0 saturated carbocycles. The van der Waals surface area contributed by atoms with Gasteiger partial charge in [-0.15, -0.1) is 0 Å². The summed E-state index contributed by atoms with van der Waals surface area (Å²) in [6, 6.07) is 8.46. The van der Waals surface area contributed by atoms with Gasteiger partial charge in [0.25, 0.3) is 5.69 Å². The van der Waals surface area contributed by atoms with Crippen LogP contribution in [0.1, 0.15) is 11.1 Å². The number of hydrogen-bond donors (Lipinski definition) is 0. The largest absolute Gasteiger partial charge is 0.488 e. The smallest absolute Gasteiger partial charge is 0.270 e. The molecule has 120 valence electrons. The molecule has 0 radical (unpaired) electrons. The van der Waals surface area contributed by atoms with Gasteiger partial charge in [0, 0.05) is 27.7 Å². The summed E-state index contributed by atoms with van der Waals surface area (Å²) in [6.07, 6.45) is 0. The summed E-state index contributed by atoms with van der Waals surface area (Å²) in [6.45, 7) is 0.566. The molecule has 6 nitrogen and oxygen atoms in total. The molecule has 0 atom stereocenters. The third-order valence-electron chi connectivity index (χ3n) is 3.26.